The number of carbonyl (C=O) groups is 6. The third-order valence-electron chi connectivity index (χ3n) is 23.8. The van der Waals surface area contributed by atoms with Crippen LogP contribution in [0.2, 0.25) is 0 Å². The molecular weight excluding hydrogens is 1610 g/mol. The summed E-state index contributed by atoms with van der Waals surface area (Å²) in [4.78, 5) is 79.4. The molecule has 0 saturated carbocycles. The first-order chi connectivity index (χ1) is 58.3. The van der Waals surface area contributed by atoms with Crippen LogP contribution in [0.15, 0.2) is 12.2 Å². The number of rotatable bonds is 63. The average molecular weight is 1760 g/mol. The molecule has 29 atom stereocenters. The van der Waals surface area contributed by atoms with E-state index in [1.54, 1.807) is 0 Å². The molecule has 5 aliphatic heterocycles. The maximum absolute atomic E-state index is 14.2. The summed E-state index contributed by atoms with van der Waals surface area (Å²) in [5, 5.41) is 211. The Morgan fingerprint density at radius 2 is 0.893 bits per heavy atom. The normalized spacial score (nSPS) is 32.3. The highest BCUT2D eigenvalue weighted by atomic mass is 16.8. The summed E-state index contributed by atoms with van der Waals surface area (Å²) >= 11 is 0. The highest BCUT2D eigenvalue weighted by Crippen LogP contribution is 2.43. The molecule has 122 heavy (non-hydrogen) atoms. The van der Waals surface area contributed by atoms with Crippen LogP contribution in [0, 0.1) is 5.92 Å². The van der Waals surface area contributed by atoms with Gasteiger partial charge in [0, 0.05) is 45.4 Å². The molecule has 710 valence electrons. The van der Waals surface area contributed by atoms with Gasteiger partial charge in [0.2, 0.25) is 17.7 Å². The van der Waals surface area contributed by atoms with Gasteiger partial charge in [0.15, 0.2) is 18.9 Å². The minimum atomic E-state index is -3.57. The van der Waals surface area contributed by atoms with Crippen LogP contribution in [0.5, 0.6) is 0 Å². The largest absolute Gasteiger partial charge is 0.477 e. The van der Waals surface area contributed by atoms with E-state index in [0.717, 1.165) is 91.4 Å². The molecule has 21 N–H and O–H groups in total. The van der Waals surface area contributed by atoms with Crippen LogP contribution in [0.4, 0.5) is 0 Å². The molecule has 3 amide bonds. The van der Waals surface area contributed by atoms with Gasteiger partial charge in [-0.25, -0.2) is 9.59 Å². The standard InChI is InChI=1S/C85H151N3O34/c1-6-8-10-12-14-16-18-20-21-22-23-24-25-26-27-29-31-33-35-37-39-41-64(101)88-55(56(97)40-38-36-34-32-30-28-19-17-15-13-11-9-7-2)50-113-80-72(107)71(106)74(62(48-92)115-80)117-81-73(108)78(75(63(49-93)116-81)118-79-54(42-51(3)94)67(102)69(104)60(46-90)114-79)122-85(83(111)112)44-58(99)66(87-53(5)96)77(121-85)70(105)61(47-91)119-84(82(109)110)43-57(98)65(86-52(4)95)76(120-84)68(103)59(100)45-89/h20-21,54-63,65-81,89-93,97-100,102-108H,6-19,22-50H2,1-5H3,(H,86,95)(H,87,96)(H,88,101)(H,109,110)(H,111,112)/b21-20-/t54-,55+,56-,57+,58+,59-,60-,61-,62-,63-,65-,66-,67-,68-,69+,70-,71-,72-,73-,74-,75+,76?,77?,78-,79+,80-,81+,84-,85+/m1/s1. The Balaban J connectivity index is 1.38. The summed E-state index contributed by atoms with van der Waals surface area (Å²) in [5.41, 5.74) is 0. The van der Waals surface area contributed by atoms with Crippen LogP contribution in [-0.4, -0.2) is 338 Å². The van der Waals surface area contributed by atoms with E-state index in [2.05, 4.69) is 41.9 Å². The number of hydrogen-bond donors (Lipinski definition) is 21. The van der Waals surface area contributed by atoms with E-state index in [4.69, 9.17) is 47.4 Å². The highest BCUT2D eigenvalue weighted by Gasteiger charge is 2.64. The number of allylic oxidation sites excluding steroid dienone is 2. The first-order valence-corrected chi connectivity index (χ1v) is 44.9. The van der Waals surface area contributed by atoms with Crippen molar-refractivity contribution in [3.63, 3.8) is 0 Å². The fourth-order valence-electron chi connectivity index (χ4n) is 16.7. The number of ketones is 1. The highest BCUT2D eigenvalue weighted by molar-refractivity contribution is 5.78. The van der Waals surface area contributed by atoms with Crippen molar-refractivity contribution < 1.29 is 168 Å². The number of aliphatic carboxylic acids is 2. The minimum Gasteiger partial charge on any atom is -0.477 e. The van der Waals surface area contributed by atoms with E-state index in [-0.39, 0.29) is 18.7 Å². The van der Waals surface area contributed by atoms with Crippen molar-refractivity contribution in [2.75, 3.05) is 39.6 Å². The van der Waals surface area contributed by atoms with Crippen LogP contribution in [0.25, 0.3) is 0 Å². The van der Waals surface area contributed by atoms with Gasteiger partial charge in [0.25, 0.3) is 11.6 Å². The molecule has 0 bridgehead atoms. The Bertz CT molecular complexity index is 2970. The second kappa shape index (κ2) is 57.6. The third-order valence-corrected chi connectivity index (χ3v) is 23.8. The van der Waals surface area contributed by atoms with Gasteiger partial charge in [-0.15, -0.1) is 0 Å². The summed E-state index contributed by atoms with van der Waals surface area (Å²) in [7, 11) is 0. The molecule has 0 aromatic rings. The van der Waals surface area contributed by atoms with Gasteiger partial charge in [-0.05, 0) is 45.4 Å². The molecule has 5 heterocycles. The van der Waals surface area contributed by atoms with E-state index in [0.29, 0.717) is 12.8 Å². The van der Waals surface area contributed by atoms with Gasteiger partial charge < -0.3 is 160 Å². The number of carbonyl (C=O) groups excluding carboxylic acids is 4. The number of Topliss-reactive ketones (excluding diaryl/α,β-unsaturated/α-hetero) is 1. The zero-order valence-corrected chi connectivity index (χ0v) is 72.2. The summed E-state index contributed by atoms with van der Waals surface area (Å²) in [6, 6.07) is -4.87. The van der Waals surface area contributed by atoms with Gasteiger partial charge in [-0.1, -0.05) is 199 Å². The molecule has 5 rings (SSSR count). The lowest BCUT2D eigenvalue weighted by atomic mass is 9.86. The van der Waals surface area contributed by atoms with Gasteiger partial charge in [-0.2, -0.15) is 0 Å². The SMILES string of the molecule is CCCCCCCC/C=C\CCCCCCCCCCCCCC(=O)N[C@@H](CO[C@@H]1O[C@H](CO)[C@@H](O[C@@H]2O[C@H](CO)[C@H](O[C@@H]3O[C@H](CO)[C@H](O)[C@H](O)[C@H]3CC(C)=O)[C@H](O[C@]3(C(=O)O)C[C@H](O)[C@@H](NC(C)=O)C([C@H](O)[C@@H](CO)O[C@]4(C(=O)O)C[C@H](O)[C@@H](NC(C)=O)C([C@H](O)[C@H](O)CO)O4)O3)[C@H]2O)[C@H](O)[C@H]1O)[C@H](O)CCCCCCCCCCCCCCC. The lowest BCUT2D eigenvalue weighted by Crippen LogP contribution is -2.72. The van der Waals surface area contributed by atoms with Crippen LogP contribution in [-0.2, 0) is 76.1 Å². The van der Waals surface area contributed by atoms with Crippen molar-refractivity contribution in [3.05, 3.63) is 12.2 Å². The molecule has 5 aliphatic rings. The van der Waals surface area contributed by atoms with Gasteiger partial charge >= 0.3 is 11.9 Å². The molecule has 0 aromatic heterocycles. The number of aliphatic hydroxyl groups excluding tert-OH is 16. The van der Waals surface area contributed by atoms with E-state index < -0.39 is 265 Å². The monoisotopic (exact) mass is 1760 g/mol. The maximum Gasteiger partial charge on any atom is 0.364 e. The Kier molecular flexibility index (Phi) is 51.1. The number of amides is 3. The van der Waals surface area contributed by atoms with Crippen LogP contribution in [0.1, 0.15) is 272 Å². The number of unbranched alkanes of at least 4 members (excludes halogenated alkanes) is 29. The zero-order valence-electron chi connectivity index (χ0n) is 72.2. The summed E-state index contributed by atoms with van der Waals surface area (Å²) in [6.45, 7) is 0.810. The summed E-state index contributed by atoms with van der Waals surface area (Å²) in [5.74, 6) is -15.8. The second-order valence-electron chi connectivity index (χ2n) is 33.9. The molecule has 5 saturated heterocycles. The number of aliphatic hydroxyl groups is 16. The van der Waals surface area contributed by atoms with Crippen LogP contribution in [0.3, 0.4) is 0 Å². The quantitative estimate of drug-likeness (QED) is 0.0304. The maximum atomic E-state index is 14.2. The molecular formula is C85H151N3O34. The number of ether oxygens (including phenoxy) is 10. The van der Waals surface area contributed by atoms with Gasteiger partial charge in [-0.3, -0.25) is 14.4 Å². The Hall–Kier alpha value is -4.28. The average Bonchev–Trinajstić information content (AvgIpc) is 0.745. The lowest BCUT2D eigenvalue weighted by molar-refractivity contribution is -0.404. The molecule has 0 spiro atoms. The topological polar surface area (TPSA) is 595 Å². The Morgan fingerprint density at radius 3 is 1.36 bits per heavy atom. The number of carboxylic acid groups (broad SMARTS) is 2. The van der Waals surface area contributed by atoms with Gasteiger partial charge in [0.05, 0.1) is 82.2 Å². The molecule has 0 aliphatic carbocycles. The summed E-state index contributed by atoms with van der Waals surface area (Å²) in [6.07, 6.45) is -11.6. The molecule has 37 heteroatoms. The molecule has 5 fully saturated rings. The summed E-state index contributed by atoms with van der Waals surface area (Å²) < 4.78 is 60.3. The lowest BCUT2D eigenvalue weighted by Gasteiger charge is -2.52. The number of nitrogens with one attached hydrogen (secondary N) is 3. The van der Waals surface area contributed by atoms with E-state index >= 15 is 0 Å². The fourth-order valence-corrected chi connectivity index (χ4v) is 16.7. The van der Waals surface area contributed by atoms with Crippen molar-refractivity contribution in [1.29, 1.82) is 0 Å². The van der Waals surface area contributed by atoms with Crippen molar-refractivity contribution in [3.8, 4) is 0 Å². The molecule has 0 radical (unpaired) electrons. The van der Waals surface area contributed by atoms with E-state index in [1.165, 1.54) is 122 Å². The van der Waals surface area contributed by atoms with Crippen LogP contribution >= 0.6 is 0 Å². The van der Waals surface area contributed by atoms with Crippen LogP contribution < -0.4 is 16.0 Å². The Labute approximate surface area is 717 Å². The van der Waals surface area contributed by atoms with Crippen molar-refractivity contribution in [2.24, 2.45) is 5.92 Å². The first kappa shape index (κ1) is 108. The minimum absolute atomic E-state index is 0.135. The molecule has 37 nitrogen and oxygen atoms in total. The predicted octanol–water partition coefficient (Wildman–Crippen LogP) is 1.74. The van der Waals surface area contributed by atoms with E-state index in [1.807, 2.05) is 0 Å². The molecule has 2 unspecified atom stereocenters. The third kappa shape index (κ3) is 34.3. The first-order valence-electron chi connectivity index (χ1n) is 44.9. The number of carboxylic acids is 2. The van der Waals surface area contributed by atoms with Crippen molar-refractivity contribution >= 4 is 35.4 Å². The molecule has 0 aromatic carbocycles. The number of hydrogen-bond acceptors (Lipinski definition) is 32. The second-order valence-corrected chi connectivity index (χ2v) is 33.9. The van der Waals surface area contributed by atoms with Crippen molar-refractivity contribution in [2.45, 2.75) is 443 Å². The zero-order chi connectivity index (χ0) is 90.1. The smallest absolute Gasteiger partial charge is 0.364 e. The van der Waals surface area contributed by atoms with Crippen molar-refractivity contribution in [1.82, 2.24) is 16.0 Å². The van der Waals surface area contributed by atoms with Gasteiger partial charge in [0.1, 0.15) is 103 Å². The van der Waals surface area contributed by atoms with E-state index in [9.17, 15) is 121 Å². The fraction of sp³-hybridized carbons (Fsp3) is 0.906. The predicted molar refractivity (Wildman–Crippen MR) is 436 cm³/mol. The Morgan fingerprint density at radius 1 is 0.459 bits per heavy atom.